The van der Waals surface area contributed by atoms with Crippen molar-refractivity contribution in [3.8, 4) is 0 Å². The Morgan fingerprint density at radius 2 is 1.47 bits per heavy atom. The largest absolute Gasteiger partial charge is 0.462 e. The van der Waals surface area contributed by atoms with Crippen molar-refractivity contribution >= 4 is 14.0 Å². The first kappa shape index (κ1) is 29.5. The molecule has 0 spiro atoms. The Bertz CT molecular complexity index is 512. The van der Waals surface area contributed by atoms with Gasteiger partial charge in [-0.25, -0.2) is 0 Å². The predicted octanol–water partition coefficient (Wildman–Crippen LogP) is 8.48. The summed E-state index contributed by atoms with van der Waals surface area (Å²) in [6, 6.07) is 1.49. The van der Waals surface area contributed by atoms with Gasteiger partial charge >= 0.3 is 12.1 Å². The fraction of sp³-hybridized carbons (Fsp3) is 0.958. The molecule has 0 aromatic rings. The molecule has 30 heavy (non-hydrogen) atoms. The molecule has 0 N–H and O–H groups in total. The maximum Gasteiger partial charge on any atom is 0.404 e. The van der Waals surface area contributed by atoms with Crippen LogP contribution in [0.15, 0.2) is 0 Å². The highest BCUT2D eigenvalue weighted by molar-refractivity contribution is 6.76. The van der Waals surface area contributed by atoms with Crippen LogP contribution in [0.4, 0.5) is 13.2 Å². The van der Waals surface area contributed by atoms with E-state index in [1.165, 1.54) is 19.4 Å². The number of alkyl halides is 3. The molecule has 0 saturated heterocycles. The maximum atomic E-state index is 13.0. The smallest absolute Gasteiger partial charge is 0.404 e. The van der Waals surface area contributed by atoms with E-state index in [1.54, 1.807) is 0 Å². The monoisotopic (exact) mass is 452 g/mol. The first-order valence-electron chi connectivity index (χ1n) is 11.6. The van der Waals surface area contributed by atoms with Gasteiger partial charge in [0.25, 0.3) is 0 Å². The van der Waals surface area contributed by atoms with Crippen LogP contribution in [0.1, 0.15) is 87.0 Å². The van der Waals surface area contributed by atoms with E-state index in [2.05, 4.69) is 54.3 Å². The zero-order valence-corrected chi connectivity index (χ0v) is 22.1. The Labute approximate surface area is 184 Å². The topological polar surface area (TPSA) is 26.3 Å². The summed E-state index contributed by atoms with van der Waals surface area (Å²) in [5.41, 5.74) is -2.20. The number of hydrogen-bond donors (Lipinski definition) is 0. The van der Waals surface area contributed by atoms with E-state index in [1.807, 2.05) is 0 Å². The molecule has 0 amide bonds. The van der Waals surface area contributed by atoms with Crippen molar-refractivity contribution in [2.75, 3.05) is 0 Å². The Morgan fingerprint density at radius 3 is 1.73 bits per heavy atom. The molecule has 0 aliphatic heterocycles. The summed E-state index contributed by atoms with van der Waals surface area (Å²) in [6.07, 6.45) is -0.772. The zero-order chi connectivity index (χ0) is 24.0. The van der Waals surface area contributed by atoms with Gasteiger partial charge in [-0.1, -0.05) is 73.6 Å². The number of carbonyl (C=O) groups is 1. The minimum absolute atomic E-state index is 0.193. The average Bonchev–Trinajstić information content (AvgIpc) is 2.58. The molecule has 0 radical (unpaired) electrons. The second-order valence-corrected chi connectivity index (χ2v) is 17.2. The molecule has 1 fully saturated rings. The Balaban J connectivity index is 0.000000787. The van der Waals surface area contributed by atoms with Gasteiger partial charge in [-0.05, 0) is 56.3 Å². The molecule has 1 aliphatic carbocycles. The first-order valence-corrected chi connectivity index (χ1v) is 15.4. The normalized spacial score (nSPS) is 23.6. The predicted molar refractivity (Wildman–Crippen MR) is 123 cm³/mol. The summed E-state index contributed by atoms with van der Waals surface area (Å²) in [7, 11) is -0.741. The number of carbonyl (C=O) groups excluding carboxylic acids is 1. The van der Waals surface area contributed by atoms with E-state index < -0.39 is 25.6 Å². The van der Waals surface area contributed by atoms with Crippen molar-refractivity contribution in [3.05, 3.63) is 0 Å². The van der Waals surface area contributed by atoms with Gasteiger partial charge in [0.1, 0.15) is 6.10 Å². The molecule has 0 aromatic heterocycles. The third-order valence-electron chi connectivity index (χ3n) is 6.61. The van der Waals surface area contributed by atoms with E-state index in [-0.39, 0.29) is 17.9 Å². The standard InChI is InChI=1S/C16H27F3O2.C8H20Si/c1-6-15(5,16(17,18)19)13(20)21-12-9-7-11(8-10-12)14(2,3)4;1-6-8(2)7-9(3,4)5/h11-12H,6-10H2,1-5H3;8H,6-7H2,1-5H3. The van der Waals surface area contributed by atoms with Crippen molar-refractivity contribution < 1.29 is 22.7 Å². The number of rotatable bonds is 6. The molecule has 2 unspecified atom stereocenters. The molecule has 1 rings (SSSR count). The number of ether oxygens (including phenoxy) is 1. The molecule has 1 saturated carbocycles. The summed E-state index contributed by atoms with van der Waals surface area (Å²) in [4.78, 5) is 11.9. The number of hydrogen-bond acceptors (Lipinski definition) is 2. The zero-order valence-electron chi connectivity index (χ0n) is 21.1. The lowest BCUT2D eigenvalue weighted by Crippen LogP contribution is -2.45. The fourth-order valence-corrected chi connectivity index (χ4v) is 6.36. The Kier molecular flexibility index (Phi) is 11.2. The van der Waals surface area contributed by atoms with Crippen LogP contribution in [0.25, 0.3) is 0 Å². The lowest BCUT2D eigenvalue weighted by atomic mass is 9.72. The summed E-state index contributed by atoms with van der Waals surface area (Å²) in [5.74, 6) is 0.362. The summed E-state index contributed by atoms with van der Waals surface area (Å²) in [6.45, 7) is 20.8. The SMILES string of the molecule is CCC(C)(C(=O)OC1CCC(C(C)(C)C)CC1)C(F)(F)F.CCC(C)C[Si](C)(C)C. The summed E-state index contributed by atoms with van der Waals surface area (Å²) in [5, 5.41) is 0. The van der Waals surface area contributed by atoms with Crippen LogP contribution in [0.5, 0.6) is 0 Å². The molecule has 180 valence electrons. The van der Waals surface area contributed by atoms with Gasteiger partial charge in [-0.3, -0.25) is 4.79 Å². The molecule has 0 heterocycles. The van der Waals surface area contributed by atoms with Crippen molar-refractivity contribution in [2.24, 2.45) is 22.7 Å². The van der Waals surface area contributed by atoms with E-state index in [9.17, 15) is 18.0 Å². The van der Waals surface area contributed by atoms with Gasteiger partial charge in [0.15, 0.2) is 5.41 Å². The minimum Gasteiger partial charge on any atom is -0.462 e. The van der Waals surface area contributed by atoms with E-state index >= 15 is 0 Å². The van der Waals surface area contributed by atoms with Crippen LogP contribution in [0, 0.1) is 22.7 Å². The van der Waals surface area contributed by atoms with Crippen LogP contribution in [-0.4, -0.2) is 26.3 Å². The molecule has 0 aromatic carbocycles. The van der Waals surface area contributed by atoms with Crippen LogP contribution < -0.4 is 0 Å². The number of halogens is 3. The van der Waals surface area contributed by atoms with Crippen LogP contribution >= 0.6 is 0 Å². The van der Waals surface area contributed by atoms with E-state index in [0.29, 0.717) is 18.8 Å². The molecular formula is C24H47F3O2Si. The molecule has 2 nitrogen and oxygen atoms in total. The van der Waals surface area contributed by atoms with Gasteiger partial charge in [0.2, 0.25) is 0 Å². The molecule has 1 aliphatic rings. The van der Waals surface area contributed by atoms with Gasteiger partial charge in [0.05, 0.1) is 0 Å². The van der Waals surface area contributed by atoms with Crippen molar-refractivity contribution in [1.82, 2.24) is 0 Å². The van der Waals surface area contributed by atoms with E-state index in [4.69, 9.17) is 4.74 Å². The van der Waals surface area contributed by atoms with E-state index in [0.717, 1.165) is 25.7 Å². The second kappa shape index (κ2) is 11.4. The summed E-state index contributed by atoms with van der Waals surface area (Å²) >= 11 is 0. The quantitative estimate of drug-likeness (QED) is 0.298. The number of esters is 1. The lowest BCUT2D eigenvalue weighted by Gasteiger charge is -2.38. The maximum absolute atomic E-state index is 13.0. The average molecular weight is 453 g/mol. The van der Waals surface area contributed by atoms with Crippen LogP contribution in [-0.2, 0) is 9.53 Å². The third-order valence-corrected chi connectivity index (χ3v) is 8.54. The Morgan fingerprint density at radius 1 is 1.00 bits per heavy atom. The van der Waals surface area contributed by atoms with Gasteiger partial charge in [-0.2, -0.15) is 13.2 Å². The minimum atomic E-state index is -4.57. The fourth-order valence-electron chi connectivity index (χ4n) is 3.98. The lowest BCUT2D eigenvalue weighted by molar-refractivity contribution is -0.234. The van der Waals surface area contributed by atoms with Gasteiger partial charge < -0.3 is 4.74 Å². The molecule has 2 atom stereocenters. The summed E-state index contributed by atoms with van der Waals surface area (Å²) < 4.78 is 44.3. The van der Waals surface area contributed by atoms with Crippen LogP contribution in [0.2, 0.25) is 25.7 Å². The highest BCUT2D eigenvalue weighted by atomic mass is 28.3. The molecular weight excluding hydrogens is 405 g/mol. The third kappa shape index (κ3) is 9.74. The second-order valence-electron chi connectivity index (χ2n) is 11.7. The van der Waals surface area contributed by atoms with Crippen molar-refractivity contribution in [1.29, 1.82) is 0 Å². The van der Waals surface area contributed by atoms with Gasteiger partial charge in [0, 0.05) is 8.07 Å². The Hall–Kier alpha value is -0.523. The molecule has 6 heteroatoms. The van der Waals surface area contributed by atoms with Crippen LogP contribution in [0.3, 0.4) is 0 Å². The van der Waals surface area contributed by atoms with Crippen molar-refractivity contribution in [2.45, 2.75) is 125 Å². The highest BCUT2D eigenvalue weighted by Crippen LogP contribution is 2.43. The molecule has 0 bridgehead atoms. The van der Waals surface area contributed by atoms with Gasteiger partial charge in [-0.15, -0.1) is 0 Å². The van der Waals surface area contributed by atoms with Crippen molar-refractivity contribution in [3.63, 3.8) is 0 Å². The highest BCUT2D eigenvalue weighted by Gasteiger charge is 2.57. The first-order chi connectivity index (χ1) is 13.4.